The fourth-order valence-electron chi connectivity index (χ4n) is 3.50. The monoisotopic (exact) mass is 514 g/mol. The van der Waals surface area contributed by atoms with E-state index in [4.69, 9.17) is 35.9 Å². The van der Waals surface area contributed by atoms with E-state index in [9.17, 15) is 10.2 Å². The molecule has 33 heavy (non-hydrogen) atoms. The van der Waals surface area contributed by atoms with E-state index in [-0.39, 0.29) is 28.0 Å². The maximum Gasteiger partial charge on any atom is 0.115 e. The molecule has 0 aromatic heterocycles. The van der Waals surface area contributed by atoms with Crippen molar-refractivity contribution in [1.29, 1.82) is 0 Å². The van der Waals surface area contributed by atoms with E-state index in [1.807, 2.05) is 60.7 Å². The van der Waals surface area contributed by atoms with Gasteiger partial charge in [-0.25, -0.2) is 0 Å². The third-order valence-electron chi connectivity index (χ3n) is 5.01. The Bertz CT molecular complexity index is 1130. The largest absolute Gasteiger partial charge is 0.781 e. The molecule has 4 aromatic rings. The van der Waals surface area contributed by atoms with Crippen molar-refractivity contribution in [2.24, 2.45) is 0 Å². The first-order valence-corrected chi connectivity index (χ1v) is 10.8. The Hall–Kier alpha value is -2.99. The number of rotatable bonds is 7. The number of hydrogen-bond donors (Lipinski definition) is 2. The van der Waals surface area contributed by atoms with Gasteiger partial charge in [0.15, 0.2) is 0 Å². The summed E-state index contributed by atoms with van der Waals surface area (Å²) in [6.07, 6.45) is 0. The molecule has 2 N–H and O–H groups in total. The first-order valence-electron chi connectivity index (χ1n) is 10.0. The van der Waals surface area contributed by atoms with Crippen LogP contribution in [-0.4, -0.2) is 10.2 Å². The van der Waals surface area contributed by atoms with E-state index in [2.05, 4.69) is 0 Å². The molecule has 4 rings (SSSR count). The standard InChI is InChI=1S/C26H22N2O2S2.Ni/c29-19-9-5-7-17(15-19)25(27-21-11-1-3-13-23(21)31)26(18-8-6-10-20(30)16-18)28-22-12-2-4-14-24(22)32;/h1-16,25-26,29-32H;/q-2;/p-2. The van der Waals surface area contributed by atoms with Crippen molar-refractivity contribution in [2.45, 2.75) is 21.9 Å². The number of aromatic hydroxyl groups is 2. The summed E-state index contributed by atoms with van der Waals surface area (Å²) >= 11 is 11.0. The van der Waals surface area contributed by atoms with Crippen LogP contribution in [0.25, 0.3) is 10.6 Å². The van der Waals surface area contributed by atoms with Crippen LogP contribution in [0.3, 0.4) is 0 Å². The van der Waals surface area contributed by atoms with Crippen LogP contribution in [0.5, 0.6) is 11.5 Å². The number of nitrogens with zero attached hydrogens (tertiary/aromatic N) is 2. The van der Waals surface area contributed by atoms with Gasteiger partial charge in [-0.2, -0.15) is 21.2 Å². The smallest absolute Gasteiger partial charge is 0.115 e. The third kappa shape index (κ3) is 6.08. The van der Waals surface area contributed by atoms with Crippen LogP contribution in [-0.2, 0) is 41.7 Å². The Kier molecular flexibility index (Phi) is 8.39. The van der Waals surface area contributed by atoms with Crippen molar-refractivity contribution >= 4 is 36.6 Å². The van der Waals surface area contributed by atoms with E-state index in [1.54, 1.807) is 36.4 Å². The minimum Gasteiger partial charge on any atom is -0.781 e. The van der Waals surface area contributed by atoms with Gasteiger partial charge in [0.2, 0.25) is 0 Å². The number of benzene rings is 4. The van der Waals surface area contributed by atoms with Gasteiger partial charge in [0.05, 0.1) is 0 Å². The minimum atomic E-state index is -0.525. The summed E-state index contributed by atoms with van der Waals surface area (Å²) < 4.78 is 0. The molecule has 0 fully saturated rings. The van der Waals surface area contributed by atoms with Gasteiger partial charge >= 0.3 is 0 Å². The summed E-state index contributed by atoms with van der Waals surface area (Å²) in [7, 11) is 0. The molecule has 172 valence electrons. The summed E-state index contributed by atoms with van der Waals surface area (Å²) in [5, 5.41) is 30.3. The first kappa shape index (κ1) is 24.7. The molecular weight excluding hydrogens is 495 g/mol. The summed E-state index contributed by atoms with van der Waals surface area (Å²) in [6.45, 7) is 0. The number of hydrogen-bond acceptors (Lipinski definition) is 4. The summed E-state index contributed by atoms with van der Waals surface area (Å²) in [6, 6.07) is 27.7. The SMILES string of the molecule is Oc1cccc(C([N-]c2ccccc2[S-])C([N-]c2ccccc2[S-])c2cccc(O)c2)c1.[Ni]. The molecule has 0 amide bonds. The molecule has 7 heteroatoms. The molecule has 0 radical (unpaired) electrons. The average molecular weight is 515 g/mol. The second kappa shape index (κ2) is 11.2. The molecule has 0 aliphatic heterocycles. The second-order valence-electron chi connectivity index (χ2n) is 7.27. The predicted molar refractivity (Wildman–Crippen MR) is 132 cm³/mol. The van der Waals surface area contributed by atoms with Crippen LogP contribution in [0, 0.1) is 0 Å². The van der Waals surface area contributed by atoms with E-state index in [0.29, 0.717) is 21.2 Å². The summed E-state index contributed by atoms with van der Waals surface area (Å²) in [5.41, 5.74) is 2.84. The van der Waals surface area contributed by atoms with Gasteiger partial charge in [-0.1, -0.05) is 83.9 Å². The Morgan fingerprint density at radius 2 is 0.939 bits per heavy atom. The zero-order valence-electron chi connectivity index (χ0n) is 17.3. The van der Waals surface area contributed by atoms with Crippen molar-refractivity contribution in [3.63, 3.8) is 0 Å². The minimum absolute atomic E-state index is 0. The molecule has 0 bridgehead atoms. The average Bonchev–Trinajstić information content (AvgIpc) is 2.78. The van der Waals surface area contributed by atoms with E-state index in [0.717, 1.165) is 11.1 Å². The van der Waals surface area contributed by atoms with Gasteiger partial charge in [0.1, 0.15) is 11.5 Å². The van der Waals surface area contributed by atoms with Crippen molar-refractivity contribution < 1.29 is 26.7 Å². The van der Waals surface area contributed by atoms with Gasteiger partial charge in [-0.15, -0.1) is 12.1 Å². The van der Waals surface area contributed by atoms with Crippen molar-refractivity contribution in [1.82, 2.24) is 0 Å². The Balaban J connectivity index is 0.00000306. The predicted octanol–water partition coefficient (Wildman–Crippen LogP) is 7.10. The summed E-state index contributed by atoms with van der Waals surface area (Å²) in [4.78, 5) is 1.24. The zero-order chi connectivity index (χ0) is 22.5. The maximum atomic E-state index is 10.2. The van der Waals surface area contributed by atoms with E-state index < -0.39 is 12.1 Å². The van der Waals surface area contributed by atoms with Crippen LogP contribution >= 0.6 is 0 Å². The fourth-order valence-corrected chi connectivity index (χ4v) is 3.90. The van der Waals surface area contributed by atoms with Gasteiger partial charge in [-0.05, 0) is 24.3 Å². The maximum absolute atomic E-state index is 10.2. The number of phenols is 2. The van der Waals surface area contributed by atoms with Gasteiger partial charge in [0.25, 0.3) is 0 Å². The molecule has 0 spiro atoms. The molecule has 0 heterocycles. The molecule has 0 saturated heterocycles. The van der Waals surface area contributed by atoms with Crippen molar-refractivity contribution in [2.75, 3.05) is 0 Å². The van der Waals surface area contributed by atoms with Crippen LogP contribution < -0.4 is 0 Å². The van der Waals surface area contributed by atoms with E-state index >= 15 is 0 Å². The van der Waals surface area contributed by atoms with Crippen LogP contribution in [0.1, 0.15) is 23.2 Å². The number of phenolic OH excluding ortho intramolecular Hbond substituents is 2. The number of para-hydroxylation sites is 2. The zero-order valence-corrected chi connectivity index (χ0v) is 19.9. The third-order valence-corrected chi connectivity index (χ3v) is 5.70. The quantitative estimate of drug-likeness (QED) is 0.204. The summed E-state index contributed by atoms with van der Waals surface area (Å²) in [5.74, 6) is 0.264. The molecule has 4 nitrogen and oxygen atoms in total. The van der Waals surface area contributed by atoms with Gasteiger partial charge < -0.3 is 46.1 Å². The molecule has 0 saturated carbocycles. The topological polar surface area (TPSA) is 68.7 Å². The van der Waals surface area contributed by atoms with Gasteiger partial charge in [-0.3, -0.25) is 0 Å². The van der Waals surface area contributed by atoms with Gasteiger partial charge in [0, 0.05) is 16.5 Å². The normalized spacial score (nSPS) is 12.2. The molecular formula is C26H20N2NiO2S2-4. The van der Waals surface area contributed by atoms with E-state index in [1.165, 1.54) is 0 Å². The molecule has 4 aromatic carbocycles. The Morgan fingerprint density at radius 1 is 0.545 bits per heavy atom. The molecule has 0 aliphatic carbocycles. The fraction of sp³-hybridized carbons (Fsp3) is 0.0769. The Labute approximate surface area is 214 Å². The van der Waals surface area contributed by atoms with Crippen LogP contribution in [0.15, 0.2) is 107 Å². The van der Waals surface area contributed by atoms with Crippen molar-refractivity contribution in [3.8, 4) is 11.5 Å². The first-order chi connectivity index (χ1) is 15.5. The van der Waals surface area contributed by atoms with Crippen molar-refractivity contribution in [3.05, 3.63) is 119 Å². The Morgan fingerprint density at radius 3 is 1.30 bits per heavy atom. The second-order valence-corrected chi connectivity index (χ2v) is 8.15. The van der Waals surface area contributed by atoms with Crippen LogP contribution in [0.2, 0.25) is 0 Å². The molecule has 0 aliphatic rings. The molecule has 2 atom stereocenters. The molecule has 2 unspecified atom stereocenters. The van der Waals surface area contributed by atoms with Crippen LogP contribution in [0.4, 0.5) is 11.4 Å².